The second kappa shape index (κ2) is 8.50. The molecule has 3 rings (SSSR count). The summed E-state index contributed by atoms with van der Waals surface area (Å²) in [6.07, 6.45) is 0. The molecule has 0 saturated carbocycles. The van der Waals surface area contributed by atoms with Gasteiger partial charge < -0.3 is 9.47 Å². The number of rotatable bonds is 8. The normalized spacial score (nSPS) is 11.1. The quantitative estimate of drug-likeness (QED) is 0.541. The third kappa shape index (κ3) is 4.34. The van der Waals surface area contributed by atoms with Crippen LogP contribution in [0.1, 0.15) is 19.5 Å². The van der Waals surface area contributed by atoms with Crippen molar-refractivity contribution in [3.05, 3.63) is 29.3 Å². The van der Waals surface area contributed by atoms with Gasteiger partial charge in [-0.3, -0.25) is 0 Å². The number of hydrogen-bond donors (Lipinski definition) is 0. The van der Waals surface area contributed by atoms with E-state index in [1.165, 1.54) is 0 Å². The molecule has 0 aliphatic carbocycles. The molecule has 0 atom stereocenters. The molecule has 0 amide bonds. The molecule has 0 aliphatic rings. The summed E-state index contributed by atoms with van der Waals surface area (Å²) in [5.74, 6) is 2.63. The van der Waals surface area contributed by atoms with E-state index in [-0.39, 0.29) is 0 Å². The predicted octanol–water partition coefficient (Wildman–Crippen LogP) is 3.76. The number of thiazole rings is 1. The van der Waals surface area contributed by atoms with Crippen LogP contribution in [-0.4, -0.2) is 39.4 Å². The number of ether oxygens (including phenoxy) is 2. The first kappa shape index (κ1) is 18.7. The number of benzene rings is 1. The number of tetrazole rings is 1. The van der Waals surface area contributed by atoms with Crippen LogP contribution in [0.25, 0.3) is 10.6 Å². The number of methoxy groups -OCH3 is 2. The molecule has 0 fully saturated rings. The maximum absolute atomic E-state index is 5.37. The van der Waals surface area contributed by atoms with E-state index in [9.17, 15) is 0 Å². The summed E-state index contributed by atoms with van der Waals surface area (Å²) >= 11 is 3.21. The van der Waals surface area contributed by atoms with Gasteiger partial charge in [-0.15, -0.1) is 16.4 Å². The Balaban J connectivity index is 1.70. The highest BCUT2D eigenvalue weighted by atomic mass is 32.2. The summed E-state index contributed by atoms with van der Waals surface area (Å²) < 4.78 is 12.5. The molecule has 2 heterocycles. The fraction of sp³-hybridized carbons (Fsp3) is 0.412. The number of hydrogen-bond acceptors (Lipinski definition) is 8. The molecule has 0 N–H and O–H groups in total. The lowest BCUT2D eigenvalue weighted by atomic mass is 10.2. The molecule has 3 aromatic rings. The molecular formula is C17H21N5O2S2. The highest BCUT2D eigenvalue weighted by Gasteiger charge is 2.12. The lowest BCUT2D eigenvalue weighted by molar-refractivity contribution is 0.355. The van der Waals surface area contributed by atoms with Gasteiger partial charge in [0.15, 0.2) is 11.5 Å². The van der Waals surface area contributed by atoms with Crippen molar-refractivity contribution in [1.29, 1.82) is 0 Å². The van der Waals surface area contributed by atoms with Crippen LogP contribution in [0.2, 0.25) is 0 Å². The van der Waals surface area contributed by atoms with E-state index in [4.69, 9.17) is 14.5 Å². The first-order valence-electron chi connectivity index (χ1n) is 8.16. The van der Waals surface area contributed by atoms with Crippen molar-refractivity contribution in [3.8, 4) is 22.1 Å². The van der Waals surface area contributed by atoms with Crippen molar-refractivity contribution in [1.82, 2.24) is 25.2 Å². The molecule has 0 unspecified atom stereocenters. The Morgan fingerprint density at radius 2 is 2.00 bits per heavy atom. The lowest BCUT2D eigenvalue weighted by Crippen LogP contribution is -2.07. The first-order valence-corrected chi connectivity index (χ1v) is 10.0. The number of aromatic nitrogens is 5. The smallest absolute Gasteiger partial charge is 0.209 e. The van der Waals surface area contributed by atoms with Gasteiger partial charge in [0, 0.05) is 23.2 Å². The monoisotopic (exact) mass is 391 g/mol. The Morgan fingerprint density at radius 1 is 1.19 bits per heavy atom. The van der Waals surface area contributed by atoms with E-state index >= 15 is 0 Å². The first-order chi connectivity index (χ1) is 12.6. The molecule has 0 aliphatic heterocycles. The van der Waals surface area contributed by atoms with Crippen LogP contribution in [0.4, 0.5) is 0 Å². The van der Waals surface area contributed by atoms with E-state index in [0.717, 1.165) is 33.7 Å². The van der Waals surface area contributed by atoms with Crippen LogP contribution in [0.5, 0.6) is 11.5 Å². The van der Waals surface area contributed by atoms with Crippen molar-refractivity contribution in [3.63, 3.8) is 0 Å². The van der Waals surface area contributed by atoms with Crippen molar-refractivity contribution in [2.75, 3.05) is 14.2 Å². The zero-order valence-corrected chi connectivity index (χ0v) is 16.8. The van der Waals surface area contributed by atoms with E-state index in [1.807, 2.05) is 22.9 Å². The van der Waals surface area contributed by atoms with Gasteiger partial charge in [-0.25, -0.2) is 9.67 Å². The van der Waals surface area contributed by atoms with E-state index in [2.05, 4.69) is 34.8 Å². The molecule has 1 aromatic carbocycles. The van der Waals surface area contributed by atoms with Gasteiger partial charge in [0.1, 0.15) is 5.01 Å². The van der Waals surface area contributed by atoms with Crippen molar-refractivity contribution >= 4 is 23.1 Å². The fourth-order valence-electron chi connectivity index (χ4n) is 2.37. The number of nitrogens with zero attached hydrogens (tertiary/aromatic N) is 5. The van der Waals surface area contributed by atoms with Gasteiger partial charge in [0.25, 0.3) is 0 Å². The minimum absolute atomic E-state index is 0.494. The fourth-order valence-corrected chi connectivity index (χ4v) is 4.08. The molecule has 9 heteroatoms. The summed E-state index contributed by atoms with van der Waals surface area (Å²) in [7, 11) is 3.26. The second-order valence-corrected chi connectivity index (χ2v) is 7.84. The summed E-state index contributed by atoms with van der Waals surface area (Å²) in [4.78, 5) is 4.72. The third-order valence-electron chi connectivity index (χ3n) is 3.57. The Hall–Kier alpha value is -2.13. The highest BCUT2D eigenvalue weighted by Crippen LogP contribution is 2.34. The zero-order valence-electron chi connectivity index (χ0n) is 15.2. The van der Waals surface area contributed by atoms with Crippen LogP contribution in [0, 0.1) is 5.92 Å². The molecule has 0 bridgehead atoms. The third-order valence-corrected chi connectivity index (χ3v) is 5.50. The largest absolute Gasteiger partial charge is 0.493 e. The Labute approximate surface area is 160 Å². The van der Waals surface area contributed by atoms with Crippen LogP contribution < -0.4 is 9.47 Å². The molecular weight excluding hydrogens is 370 g/mol. The molecule has 0 saturated heterocycles. The van der Waals surface area contributed by atoms with Crippen LogP contribution in [-0.2, 0) is 12.3 Å². The highest BCUT2D eigenvalue weighted by molar-refractivity contribution is 7.98. The van der Waals surface area contributed by atoms with Gasteiger partial charge in [-0.2, -0.15) is 0 Å². The zero-order chi connectivity index (χ0) is 18.5. The molecule has 138 valence electrons. The maximum atomic E-state index is 5.37. The Morgan fingerprint density at radius 3 is 2.73 bits per heavy atom. The predicted molar refractivity (Wildman–Crippen MR) is 103 cm³/mol. The van der Waals surface area contributed by atoms with Gasteiger partial charge in [-0.05, 0) is 34.5 Å². The average molecular weight is 392 g/mol. The standard InChI is InChI=1S/C17H21N5O2S2/c1-11(2)8-22-17(19-20-21-22)26-10-13-9-25-16(18-13)12-5-6-14(23-3)15(7-12)24-4/h5-7,9,11H,8,10H2,1-4H3. The minimum Gasteiger partial charge on any atom is -0.493 e. The molecule has 26 heavy (non-hydrogen) atoms. The number of thioether (sulfide) groups is 1. The molecule has 0 spiro atoms. The van der Waals surface area contributed by atoms with Crippen molar-refractivity contribution in [2.45, 2.75) is 31.3 Å². The molecule has 0 radical (unpaired) electrons. The van der Waals surface area contributed by atoms with Gasteiger partial charge in [-0.1, -0.05) is 25.6 Å². The minimum atomic E-state index is 0.494. The van der Waals surface area contributed by atoms with Gasteiger partial charge in [0.2, 0.25) is 5.16 Å². The van der Waals surface area contributed by atoms with Crippen LogP contribution in [0.15, 0.2) is 28.7 Å². The van der Waals surface area contributed by atoms with Gasteiger partial charge >= 0.3 is 0 Å². The van der Waals surface area contributed by atoms with Crippen molar-refractivity contribution < 1.29 is 9.47 Å². The summed E-state index contributed by atoms with van der Waals surface area (Å²) in [6.45, 7) is 5.10. The van der Waals surface area contributed by atoms with E-state index < -0.39 is 0 Å². The summed E-state index contributed by atoms with van der Waals surface area (Å²) in [5, 5.41) is 15.8. The summed E-state index contributed by atoms with van der Waals surface area (Å²) in [5.41, 5.74) is 2.01. The molecule has 2 aromatic heterocycles. The Kier molecular flexibility index (Phi) is 6.10. The van der Waals surface area contributed by atoms with Crippen LogP contribution in [0.3, 0.4) is 0 Å². The van der Waals surface area contributed by atoms with Crippen molar-refractivity contribution in [2.24, 2.45) is 5.92 Å². The summed E-state index contributed by atoms with van der Waals surface area (Å²) in [6, 6.07) is 5.82. The second-order valence-electron chi connectivity index (χ2n) is 6.04. The van der Waals surface area contributed by atoms with E-state index in [0.29, 0.717) is 17.4 Å². The van der Waals surface area contributed by atoms with Gasteiger partial charge in [0.05, 0.1) is 19.9 Å². The van der Waals surface area contributed by atoms with Crippen LogP contribution >= 0.6 is 23.1 Å². The molecule has 7 nitrogen and oxygen atoms in total. The Bertz CT molecular complexity index is 862. The lowest BCUT2D eigenvalue weighted by Gasteiger charge is -2.08. The topological polar surface area (TPSA) is 75.0 Å². The van der Waals surface area contributed by atoms with E-state index in [1.54, 1.807) is 37.3 Å². The average Bonchev–Trinajstić information content (AvgIpc) is 3.28. The maximum Gasteiger partial charge on any atom is 0.209 e. The SMILES string of the molecule is COc1ccc(-c2nc(CSc3nnnn3CC(C)C)cs2)cc1OC.